The van der Waals surface area contributed by atoms with Crippen molar-refractivity contribution in [3.05, 3.63) is 52.6 Å². The van der Waals surface area contributed by atoms with Crippen molar-refractivity contribution in [1.82, 2.24) is 0 Å². The fraction of sp³-hybridized carbons (Fsp3) is 0.444. The number of hydrogen-bond acceptors (Lipinski definition) is 1. The summed E-state index contributed by atoms with van der Waals surface area (Å²) in [7, 11) is 1.78. The molecule has 2 rings (SSSR count). The first-order valence-corrected chi connectivity index (χ1v) is 6.95. The molecule has 1 aliphatic carbocycles. The topological polar surface area (TPSA) is 9.23 Å². The van der Waals surface area contributed by atoms with Gasteiger partial charge >= 0.3 is 0 Å². The second kappa shape index (κ2) is 5.24. The van der Waals surface area contributed by atoms with Crippen LogP contribution in [0.3, 0.4) is 0 Å². The lowest BCUT2D eigenvalue weighted by Crippen LogP contribution is -2.14. The molecule has 0 saturated carbocycles. The third-order valence-electron chi connectivity index (χ3n) is 3.56. The average molecular weight is 256 g/mol. The van der Waals surface area contributed by atoms with E-state index in [1.165, 1.54) is 22.3 Å². The highest BCUT2D eigenvalue weighted by molar-refractivity contribution is 5.50. The van der Waals surface area contributed by atoms with E-state index in [-0.39, 0.29) is 5.41 Å². The van der Waals surface area contributed by atoms with E-state index in [1.807, 2.05) is 0 Å². The Morgan fingerprint density at radius 2 is 1.95 bits per heavy atom. The van der Waals surface area contributed by atoms with E-state index in [9.17, 15) is 0 Å². The van der Waals surface area contributed by atoms with Gasteiger partial charge in [-0.15, -0.1) is 0 Å². The number of allylic oxidation sites excluding steroid dienone is 4. The molecule has 1 nitrogen and oxygen atoms in total. The summed E-state index contributed by atoms with van der Waals surface area (Å²) in [5.41, 5.74) is 5.40. The molecule has 1 aliphatic rings. The van der Waals surface area contributed by atoms with E-state index < -0.39 is 0 Å². The van der Waals surface area contributed by atoms with Crippen molar-refractivity contribution in [3.63, 3.8) is 0 Å². The summed E-state index contributed by atoms with van der Waals surface area (Å²) in [5.74, 6) is 1.05. The van der Waals surface area contributed by atoms with Crippen molar-refractivity contribution < 1.29 is 4.74 Å². The van der Waals surface area contributed by atoms with Crippen molar-refractivity contribution in [2.45, 2.75) is 46.0 Å². The van der Waals surface area contributed by atoms with Gasteiger partial charge < -0.3 is 4.74 Å². The molecule has 0 N–H and O–H groups in total. The first-order chi connectivity index (χ1) is 8.91. The lowest BCUT2D eigenvalue weighted by atomic mass is 9.83. The van der Waals surface area contributed by atoms with Crippen LogP contribution in [0.5, 0.6) is 5.75 Å². The monoisotopic (exact) mass is 256 g/mol. The van der Waals surface area contributed by atoms with Crippen LogP contribution in [0.15, 0.2) is 35.9 Å². The van der Waals surface area contributed by atoms with Crippen LogP contribution in [0.2, 0.25) is 0 Å². The molecule has 0 saturated heterocycles. The molecule has 0 radical (unpaired) electrons. The first-order valence-electron chi connectivity index (χ1n) is 6.95. The van der Waals surface area contributed by atoms with Crippen LogP contribution in [0, 0.1) is 6.92 Å². The van der Waals surface area contributed by atoms with Gasteiger partial charge in [0.2, 0.25) is 0 Å². The fourth-order valence-corrected chi connectivity index (χ4v) is 2.64. The van der Waals surface area contributed by atoms with Crippen LogP contribution in [0.4, 0.5) is 0 Å². The highest BCUT2D eigenvalue weighted by atomic mass is 16.5. The van der Waals surface area contributed by atoms with Gasteiger partial charge in [0, 0.05) is 12.0 Å². The van der Waals surface area contributed by atoms with Crippen molar-refractivity contribution in [1.29, 1.82) is 0 Å². The molecular formula is C18H24O. The first kappa shape index (κ1) is 13.9. The van der Waals surface area contributed by atoms with E-state index >= 15 is 0 Å². The van der Waals surface area contributed by atoms with E-state index in [0.717, 1.165) is 18.6 Å². The minimum Gasteiger partial charge on any atom is -0.496 e. The molecule has 0 aromatic heterocycles. The Morgan fingerprint density at radius 3 is 2.47 bits per heavy atom. The van der Waals surface area contributed by atoms with Crippen LogP contribution in [-0.2, 0) is 11.8 Å². The number of ether oxygens (including phenoxy) is 1. The highest BCUT2D eigenvalue weighted by Crippen LogP contribution is 2.36. The van der Waals surface area contributed by atoms with Crippen LogP contribution < -0.4 is 4.74 Å². The Balaban J connectivity index is 2.47. The van der Waals surface area contributed by atoms with Crippen LogP contribution in [-0.4, -0.2) is 7.11 Å². The third-order valence-corrected chi connectivity index (χ3v) is 3.56. The van der Waals surface area contributed by atoms with Gasteiger partial charge in [-0.2, -0.15) is 0 Å². The average Bonchev–Trinajstić information content (AvgIpc) is 2.80. The normalized spacial score (nSPS) is 14.7. The SMILES string of the molecule is COc1c(CC2=CCC=C2)cc(C)cc1C(C)(C)C. The van der Waals surface area contributed by atoms with Gasteiger partial charge in [-0.1, -0.05) is 56.7 Å². The molecule has 0 heterocycles. The molecule has 0 fully saturated rings. The Morgan fingerprint density at radius 1 is 1.21 bits per heavy atom. The van der Waals surface area contributed by atoms with Gasteiger partial charge in [0.05, 0.1) is 7.11 Å². The fourth-order valence-electron chi connectivity index (χ4n) is 2.64. The van der Waals surface area contributed by atoms with E-state index in [2.05, 4.69) is 58.1 Å². The number of benzene rings is 1. The number of methoxy groups -OCH3 is 1. The minimum absolute atomic E-state index is 0.103. The van der Waals surface area contributed by atoms with E-state index in [1.54, 1.807) is 7.11 Å². The Hall–Kier alpha value is -1.50. The lowest BCUT2D eigenvalue weighted by molar-refractivity contribution is 0.393. The van der Waals surface area contributed by atoms with E-state index in [0.29, 0.717) is 0 Å². The minimum atomic E-state index is 0.103. The molecule has 0 spiro atoms. The molecule has 0 unspecified atom stereocenters. The molecule has 0 aliphatic heterocycles. The summed E-state index contributed by atoms with van der Waals surface area (Å²) in [5, 5.41) is 0. The van der Waals surface area contributed by atoms with Gasteiger partial charge in [0.1, 0.15) is 5.75 Å². The maximum Gasteiger partial charge on any atom is 0.126 e. The number of rotatable bonds is 3. The molecule has 102 valence electrons. The maximum atomic E-state index is 5.72. The summed E-state index contributed by atoms with van der Waals surface area (Å²) in [4.78, 5) is 0. The molecule has 19 heavy (non-hydrogen) atoms. The van der Waals surface area contributed by atoms with Gasteiger partial charge in [0.15, 0.2) is 0 Å². The number of hydrogen-bond donors (Lipinski definition) is 0. The molecule has 0 bridgehead atoms. The van der Waals surface area contributed by atoms with Crippen LogP contribution in [0.25, 0.3) is 0 Å². The van der Waals surface area contributed by atoms with Crippen molar-refractivity contribution >= 4 is 0 Å². The Labute approximate surface area is 117 Å². The maximum absolute atomic E-state index is 5.72. The highest BCUT2D eigenvalue weighted by Gasteiger charge is 2.22. The largest absolute Gasteiger partial charge is 0.496 e. The molecule has 1 aromatic carbocycles. The summed E-state index contributed by atoms with van der Waals surface area (Å²) in [6.45, 7) is 8.88. The second-order valence-corrected chi connectivity index (χ2v) is 6.35. The zero-order chi connectivity index (χ0) is 14.0. The standard InChI is InChI=1S/C18H24O/c1-13-10-15(12-14-8-6-7-9-14)17(19-5)16(11-13)18(2,3)4/h6,8-11H,7,12H2,1-5H3. The zero-order valence-electron chi connectivity index (χ0n) is 12.7. The summed E-state index contributed by atoms with van der Waals surface area (Å²) in [6, 6.07) is 4.50. The van der Waals surface area contributed by atoms with Crippen molar-refractivity contribution in [2.24, 2.45) is 0 Å². The second-order valence-electron chi connectivity index (χ2n) is 6.35. The molecule has 1 heteroatoms. The Bertz CT molecular complexity index is 527. The van der Waals surface area contributed by atoms with Crippen LogP contribution >= 0.6 is 0 Å². The van der Waals surface area contributed by atoms with Gasteiger partial charge in [-0.25, -0.2) is 0 Å². The zero-order valence-corrected chi connectivity index (χ0v) is 12.7. The van der Waals surface area contributed by atoms with Crippen molar-refractivity contribution in [2.75, 3.05) is 7.11 Å². The summed E-state index contributed by atoms with van der Waals surface area (Å²) >= 11 is 0. The molecule has 1 aromatic rings. The van der Waals surface area contributed by atoms with Crippen molar-refractivity contribution in [3.8, 4) is 5.75 Å². The predicted octanol–water partition coefficient (Wildman–Crippen LogP) is 4.73. The Kier molecular flexibility index (Phi) is 3.84. The quantitative estimate of drug-likeness (QED) is 0.759. The molecular weight excluding hydrogens is 232 g/mol. The van der Waals surface area contributed by atoms with Gasteiger partial charge in [-0.05, 0) is 29.9 Å². The predicted molar refractivity (Wildman–Crippen MR) is 82.0 cm³/mol. The van der Waals surface area contributed by atoms with Crippen LogP contribution in [0.1, 0.15) is 43.9 Å². The number of aryl methyl sites for hydroxylation is 1. The van der Waals surface area contributed by atoms with Gasteiger partial charge in [0.25, 0.3) is 0 Å². The summed E-state index contributed by atoms with van der Waals surface area (Å²) in [6.07, 6.45) is 8.75. The lowest BCUT2D eigenvalue weighted by Gasteiger charge is -2.25. The van der Waals surface area contributed by atoms with Gasteiger partial charge in [-0.3, -0.25) is 0 Å². The molecule has 0 atom stereocenters. The summed E-state index contributed by atoms with van der Waals surface area (Å²) < 4.78 is 5.72. The van der Waals surface area contributed by atoms with E-state index in [4.69, 9.17) is 4.74 Å². The third kappa shape index (κ3) is 3.09. The molecule has 0 amide bonds. The smallest absolute Gasteiger partial charge is 0.126 e.